The summed E-state index contributed by atoms with van der Waals surface area (Å²) in [5.74, 6) is 0.0479. The maximum absolute atomic E-state index is 11.2. The van der Waals surface area contributed by atoms with Gasteiger partial charge in [0.25, 0.3) is 0 Å². The first-order valence-corrected chi connectivity index (χ1v) is 6.07. The van der Waals surface area contributed by atoms with E-state index >= 15 is 0 Å². The highest BCUT2D eigenvalue weighted by Gasteiger charge is 2.07. The monoisotopic (exact) mass is 273 g/mol. The topological polar surface area (TPSA) is 84.3 Å². The zero-order valence-corrected chi connectivity index (χ0v) is 11.0. The Bertz CT molecular complexity index is 584. The van der Waals surface area contributed by atoms with E-state index in [1.807, 2.05) is 24.3 Å². The summed E-state index contributed by atoms with van der Waals surface area (Å²) < 4.78 is 4.55. The Morgan fingerprint density at radius 3 is 2.70 bits per heavy atom. The Labute approximate surface area is 116 Å². The fourth-order valence-electron chi connectivity index (χ4n) is 1.67. The summed E-state index contributed by atoms with van der Waals surface area (Å²) in [5, 5.41) is 19.8. The number of nitrogens with zero attached hydrogens (tertiary/aromatic N) is 2. The SMILES string of the molecule is COC(=O)c1ccc(NCc2cccc(CO)c2)nn1. The summed E-state index contributed by atoms with van der Waals surface area (Å²) in [6.45, 7) is 0.571. The van der Waals surface area contributed by atoms with E-state index in [1.165, 1.54) is 7.11 Å². The van der Waals surface area contributed by atoms with Crippen LogP contribution in [0, 0.1) is 0 Å². The van der Waals surface area contributed by atoms with Crippen LogP contribution in [0.5, 0.6) is 0 Å². The van der Waals surface area contributed by atoms with Crippen molar-refractivity contribution < 1.29 is 14.6 Å². The molecule has 1 aromatic carbocycles. The van der Waals surface area contributed by atoms with Crippen LogP contribution in [0.3, 0.4) is 0 Å². The lowest BCUT2D eigenvalue weighted by molar-refractivity contribution is 0.0593. The summed E-state index contributed by atoms with van der Waals surface area (Å²) in [5.41, 5.74) is 2.05. The Morgan fingerprint density at radius 2 is 2.05 bits per heavy atom. The van der Waals surface area contributed by atoms with Crippen LogP contribution in [0.15, 0.2) is 36.4 Å². The summed E-state index contributed by atoms with van der Waals surface area (Å²) >= 11 is 0. The third-order valence-corrected chi connectivity index (χ3v) is 2.71. The third-order valence-electron chi connectivity index (χ3n) is 2.71. The maximum atomic E-state index is 11.2. The molecule has 0 fully saturated rings. The average molecular weight is 273 g/mol. The molecule has 0 aliphatic carbocycles. The molecule has 0 unspecified atom stereocenters. The van der Waals surface area contributed by atoms with Crippen molar-refractivity contribution in [1.82, 2.24) is 10.2 Å². The Hall–Kier alpha value is -2.47. The van der Waals surface area contributed by atoms with Gasteiger partial charge in [0.15, 0.2) is 5.69 Å². The van der Waals surface area contributed by atoms with Crippen LogP contribution in [-0.4, -0.2) is 28.4 Å². The van der Waals surface area contributed by atoms with E-state index in [9.17, 15) is 4.79 Å². The molecule has 6 heteroatoms. The molecule has 2 rings (SSSR count). The number of carbonyl (C=O) groups is 1. The number of aliphatic hydroxyl groups excluding tert-OH is 1. The van der Waals surface area contributed by atoms with Crippen molar-refractivity contribution in [2.45, 2.75) is 13.2 Å². The molecule has 0 aliphatic heterocycles. The normalized spacial score (nSPS) is 10.1. The first-order chi connectivity index (χ1) is 9.72. The van der Waals surface area contributed by atoms with Crippen molar-refractivity contribution >= 4 is 11.8 Å². The third kappa shape index (κ3) is 3.52. The number of carbonyl (C=O) groups excluding carboxylic acids is 1. The van der Waals surface area contributed by atoms with E-state index < -0.39 is 5.97 Å². The zero-order valence-electron chi connectivity index (χ0n) is 11.0. The van der Waals surface area contributed by atoms with Crippen molar-refractivity contribution in [2.24, 2.45) is 0 Å². The predicted octanol–water partition coefficient (Wildman–Crippen LogP) is 1.37. The molecular weight excluding hydrogens is 258 g/mol. The van der Waals surface area contributed by atoms with Gasteiger partial charge in [0.1, 0.15) is 5.82 Å². The van der Waals surface area contributed by atoms with Gasteiger partial charge < -0.3 is 15.2 Å². The van der Waals surface area contributed by atoms with Crippen LogP contribution in [-0.2, 0) is 17.9 Å². The molecule has 0 radical (unpaired) electrons. The van der Waals surface area contributed by atoms with Crippen LogP contribution in [0.25, 0.3) is 0 Å². The molecule has 2 N–H and O–H groups in total. The van der Waals surface area contributed by atoms with Gasteiger partial charge in [0, 0.05) is 6.54 Å². The minimum Gasteiger partial charge on any atom is -0.464 e. The van der Waals surface area contributed by atoms with Crippen LogP contribution in [0.1, 0.15) is 21.6 Å². The van der Waals surface area contributed by atoms with Crippen molar-refractivity contribution in [3.05, 3.63) is 53.2 Å². The highest BCUT2D eigenvalue weighted by Crippen LogP contribution is 2.09. The van der Waals surface area contributed by atoms with Crippen molar-refractivity contribution in [2.75, 3.05) is 12.4 Å². The van der Waals surface area contributed by atoms with Crippen molar-refractivity contribution in [3.8, 4) is 0 Å². The molecule has 0 bridgehead atoms. The molecule has 20 heavy (non-hydrogen) atoms. The molecule has 0 saturated heterocycles. The van der Waals surface area contributed by atoms with Crippen molar-refractivity contribution in [3.63, 3.8) is 0 Å². The number of anilines is 1. The Morgan fingerprint density at radius 1 is 1.25 bits per heavy atom. The molecule has 2 aromatic rings. The van der Waals surface area contributed by atoms with E-state index in [2.05, 4.69) is 20.3 Å². The summed E-state index contributed by atoms with van der Waals surface area (Å²) in [6.07, 6.45) is 0. The molecule has 1 heterocycles. The number of esters is 1. The van der Waals surface area contributed by atoms with Gasteiger partial charge >= 0.3 is 5.97 Å². The lowest BCUT2D eigenvalue weighted by Crippen LogP contribution is -2.08. The molecule has 104 valence electrons. The minimum atomic E-state index is -0.514. The van der Waals surface area contributed by atoms with Crippen LogP contribution in [0.2, 0.25) is 0 Å². The summed E-state index contributed by atoms with van der Waals surface area (Å²) in [6, 6.07) is 10.8. The number of benzene rings is 1. The van der Waals surface area contributed by atoms with Gasteiger partial charge in [-0.25, -0.2) is 4.79 Å². The van der Waals surface area contributed by atoms with Gasteiger partial charge in [-0.1, -0.05) is 24.3 Å². The van der Waals surface area contributed by atoms with E-state index in [-0.39, 0.29) is 12.3 Å². The molecule has 0 aliphatic rings. The molecule has 6 nitrogen and oxygen atoms in total. The van der Waals surface area contributed by atoms with Crippen molar-refractivity contribution in [1.29, 1.82) is 0 Å². The number of ether oxygens (including phenoxy) is 1. The molecule has 0 amide bonds. The average Bonchev–Trinajstić information content (AvgIpc) is 2.53. The Kier molecular flexibility index (Phi) is 4.62. The van der Waals surface area contributed by atoms with E-state index in [0.29, 0.717) is 12.4 Å². The smallest absolute Gasteiger partial charge is 0.358 e. The largest absolute Gasteiger partial charge is 0.464 e. The first-order valence-electron chi connectivity index (χ1n) is 6.07. The molecule has 0 spiro atoms. The number of rotatable bonds is 5. The number of nitrogens with one attached hydrogen (secondary N) is 1. The number of aromatic nitrogens is 2. The maximum Gasteiger partial charge on any atom is 0.358 e. The second-order valence-electron chi connectivity index (χ2n) is 4.13. The van der Waals surface area contributed by atoms with E-state index in [4.69, 9.17) is 5.11 Å². The molecular formula is C14H15N3O3. The lowest BCUT2D eigenvalue weighted by atomic mass is 10.1. The van der Waals surface area contributed by atoms with Gasteiger partial charge in [0.2, 0.25) is 0 Å². The molecule has 0 atom stereocenters. The van der Waals surface area contributed by atoms with E-state index in [1.54, 1.807) is 12.1 Å². The molecule has 1 aromatic heterocycles. The quantitative estimate of drug-likeness (QED) is 0.800. The number of methoxy groups -OCH3 is 1. The number of hydrogen-bond donors (Lipinski definition) is 2. The van der Waals surface area contributed by atoms with Gasteiger partial charge in [-0.15, -0.1) is 10.2 Å². The standard InChI is InChI=1S/C14H15N3O3/c1-20-14(19)12-5-6-13(17-16-12)15-8-10-3-2-4-11(7-10)9-18/h2-7,18H,8-9H2,1H3,(H,15,17). The zero-order chi connectivity index (χ0) is 14.4. The van der Waals surface area contributed by atoms with Gasteiger partial charge in [-0.3, -0.25) is 0 Å². The lowest BCUT2D eigenvalue weighted by Gasteiger charge is -2.06. The van der Waals surface area contributed by atoms with Crippen LogP contribution >= 0.6 is 0 Å². The van der Waals surface area contributed by atoms with Gasteiger partial charge in [-0.05, 0) is 23.3 Å². The van der Waals surface area contributed by atoms with Crippen LogP contribution < -0.4 is 5.32 Å². The fraction of sp³-hybridized carbons (Fsp3) is 0.214. The summed E-state index contributed by atoms with van der Waals surface area (Å²) in [7, 11) is 1.30. The predicted molar refractivity (Wildman–Crippen MR) is 73.1 cm³/mol. The Balaban J connectivity index is 1.98. The summed E-state index contributed by atoms with van der Waals surface area (Å²) in [4.78, 5) is 11.2. The highest BCUT2D eigenvalue weighted by molar-refractivity contribution is 5.86. The second-order valence-corrected chi connectivity index (χ2v) is 4.13. The van der Waals surface area contributed by atoms with Gasteiger partial charge in [0.05, 0.1) is 13.7 Å². The number of hydrogen-bond acceptors (Lipinski definition) is 6. The first kappa shape index (κ1) is 14.0. The number of aliphatic hydroxyl groups is 1. The van der Waals surface area contributed by atoms with Gasteiger partial charge in [-0.2, -0.15) is 0 Å². The fourth-order valence-corrected chi connectivity index (χ4v) is 1.67. The minimum absolute atomic E-state index is 0.0153. The highest BCUT2D eigenvalue weighted by atomic mass is 16.5. The molecule has 0 saturated carbocycles. The second kappa shape index (κ2) is 6.63. The van der Waals surface area contributed by atoms with E-state index in [0.717, 1.165) is 11.1 Å². The van der Waals surface area contributed by atoms with Crippen LogP contribution in [0.4, 0.5) is 5.82 Å².